The predicted octanol–water partition coefficient (Wildman–Crippen LogP) is 2.36. The summed E-state index contributed by atoms with van der Waals surface area (Å²) in [5.41, 5.74) is -1.37. The van der Waals surface area contributed by atoms with Crippen LogP contribution in [-0.2, 0) is 0 Å². The number of alkyl halides is 2. The number of pyridine rings is 1. The monoisotopic (exact) mass is 216 g/mol. The van der Waals surface area contributed by atoms with E-state index in [4.69, 9.17) is 16.9 Å². The van der Waals surface area contributed by atoms with Gasteiger partial charge < -0.3 is 0 Å². The van der Waals surface area contributed by atoms with E-state index in [1.807, 2.05) is 0 Å². The third kappa shape index (κ3) is 1.86. The molecule has 0 aliphatic heterocycles. The van der Waals surface area contributed by atoms with Crippen LogP contribution in [0.4, 0.5) is 8.78 Å². The molecule has 72 valence electrons. The standard InChI is InChI=1S/C8H3ClF2N2O/c9-6-1-4(3-14)5(2-12)7(13-6)8(10)11/h1,3,8H. The minimum atomic E-state index is -2.93. The molecule has 0 aromatic carbocycles. The van der Waals surface area contributed by atoms with Gasteiger partial charge in [-0.2, -0.15) is 5.26 Å². The summed E-state index contributed by atoms with van der Waals surface area (Å²) in [5.74, 6) is 0. The fourth-order valence-electron chi connectivity index (χ4n) is 0.924. The van der Waals surface area contributed by atoms with Gasteiger partial charge >= 0.3 is 0 Å². The first-order chi connectivity index (χ1) is 6.60. The lowest BCUT2D eigenvalue weighted by Crippen LogP contribution is -2.00. The van der Waals surface area contributed by atoms with Crippen LogP contribution in [0.5, 0.6) is 0 Å². The van der Waals surface area contributed by atoms with Gasteiger partial charge in [0, 0.05) is 5.56 Å². The number of aldehydes is 1. The number of halogens is 3. The SMILES string of the molecule is N#Cc1c(C=O)cc(Cl)nc1C(F)F. The normalized spacial score (nSPS) is 9.93. The third-order valence-corrected chi connectivity index (χ3v) is 1.69. The van der Waals surface area contributed by atoms with Crippen LogP contribution in [0.1, 0.15) is 28.0 Å². The largest absolute Gasteiger partial charge is 0.298 e. The number of rotatable bonds is 2. The lowest BCUT2D eigenvalue weighted by atomic mass is 10.1. The highest BCUT2D eigenvalue weighted by Gasteiger charge is 2.19. The molecule has 0 spiro atoms. The van der Waals surface area contributed by atoms with Gasteiger partial charge in [0.15, 0.2) is 6.29 Å². The molecule has 1 heterocycles. The maximum atomic E-state index is 12.3. The maximum Gasteiger partial charge on any atom is 0.281 e. The van der Waals surface area contributed by atoms with Gasteiger partial charge in [-0.3, -0.25) is 4.79 Å². The van der Waals surface area contributed by atoms with Crippen molar-refractivity contribution in [1.82, 2.24) is 4.98 Å². The number of aromatic nitrogens is 1. The van der Waals surface area contributed by atoms with E-state index in [0.717, 1.165) is 6.07 Å². The smallest absolute Gasteiger partial charge is 0.281 e. The zero-order valence-electron chi connectivity index (χ0n) is 6.67. The maximum absolute atomic E-state index is 12.3. The Morgan fingerprint density at radius 3 is 2.71 bits per heavy atom. The lowest BCUT2D eigenvalue weighted by molar-refractivity contribution is 0.112. The van der Waals surface area contributed by atoms with Crippen LogP contribution >= 0.6 is 11.6 Å². The average molecular weight is 217 g/mol. The summed E-state index contributed by atoms with van der Waals surface area (Å²) in [7, 11) is 0. The summed E-state index contributed by atoms with van der Waals surface area (Å²) < 4.78 is 24.6. The molecule has 1 aromatic heterocycles. The fraction of sp³-hybridized carbons (Fsp3) is 0.125. The van der Waals surface area contributed by atoms with Gasteiger partial charge in [0.1, 0.15) is 16.9 Å². The average Bonchev–Trinajstić information content (AvgIpc) is 2.16. The molecule has 0 fully saturated rings. The molecule has 0 atom stereocenters. The fourth-order valence-corrected chi connectivity index (χ4v) is 1.13. The molecule has 0 N–H and O–H groups in total. The number of hydrogen-bond acceptors (Lipinski definition) is 3. The van der Waals surface area contributed by atoms with Crippen LogP contribution in [0.25, 0.3) is 0 Å². The van der Waals surface area contributed by atoms with Gasteiger partial charge in [-0.05, 0) is 6.07 Å². The topological polar surface area (TPSA) is 53.8 Å². The molecule has 0 radical (unpaired) electrons. The molecule has 1 aromatic rings. The molecule has 0 aliphatic rings. The predicted molar refractivity (Wildman–Crippen MR) is 44.3 cm³/mol. The first-order valence-electron chi connectivity index (χ1n) is 3.44. The Hall–Kier alpha value is -1.54. The summed E-state index contributed by atoms with van der Waals surface area (Å²) >= 11 is 5.39. The Balaban J connectivity index is 3.49. The second-order valence-electron chi connectivity index (χ2n) is 2.32. The Bertz CT molecular complexity index is 415. The molecule has 0 unspecified atom stereocenters. The van der Waals surface area contributed by atoms with Crippen molar-refractivity contribution < 1.29 is 13.6 Å². The number of carbonyl (C=O) groups is 1. The van der Waals surface area contributed by atoms with E-state index in [-0.39, 0.29) is 17.0 Å². The first-order valence-corrected chi connectivity index (χ1v) is 3.81. The summed E-state index contributed by atoms with van der Waals surface area (Å²) in [5, 5.41) is 8.31. The van der Waals surface area contributed by atoms with Crippen LogP contribution in [0.15, 0.2) is 6.07 Å². The molecule has 1 rings (SSSR count). The zero-order valence-corrected chi connectivity index (χ0v) is 7.42. The Kier molecular flexibility index (Phi) is 3.10. The molecule has 0 saturated heterocycles. The van der Waals surface area contributed by atoms with Crippen molar-refractivity contribution in [2.75, 3.05) is 0 Å². The van der Waals surface area contributed by atoms with Crippen LogP contribution in [0.2, 0.25) is 5.15 Å². The second-order valence-corrected chi connectivity index (χ2v) is 2.71. The Morgan fingerprint density at radius 2 is 2.29 bits per heavy atom. The first kappa shape index (κ1) is 10.5. The molecule has 0 aliphatic carbocycles. The van der Waals surface area contributed by atoms with Crippen molar-refractivity contribution >= 4 is 17.9 Å². The highest BCUT2D eigenvalue weighted by molar-refractivity contribution is 6.29. The zero-order chi connectivity index (χ0) is 10.7. The summed E-state index contributed by atoms with van der Waals surface area (Å²) in [4.78, 5) is 13.7. The van der Waals surface area contributed by atoms with Gasteiger partial charge in [-0.15, -0.1) is 0 Å². The number of hydrogen-bond donors (Lipinski definition) is 0. The molecule has 0 saturated carbocycles. The Labute approximate surface area is 82.9 Å². The molecule has 6 heteroatoms. The molecule has 0 amide bonds. The summed E-state index contributed by atoms with van der Waals surface area (Å²) in [6.07, 6.45) is -2.64. The quantitative estimate of drug-likeness (QED) is 0.563. The van der Waals surface area contributed by atoms with Gasteiger partial charge in [0.25, 0.3) is 6.43 Å². The second kappa shape index (κ2) is 4.11. The van der Waals surface area contributed by atoms with Gasteiger partial charge in [-0.1, -0.05) is 11.6 Å². The molecular weight excluding hydrogens is 214 g/mol. The Morgan fingerprint density at radius 1 is 1.64 bits per heavy atom. The van der Waals surface area contributed by atoms with Gasteiger partial charge in [-0.25, -0.2) is 13.8 Å². The van der Waals surface area contributed by atoms with E-state index in [1.54, 1.807) is 0 Å². The molecular formula is C8H3ClF2N2O. The van der Waals surface area contributed by atoms with Crippen LogP contribution in [0.3, 0.4) is 0 Å². The highest BCUT2D eigenvalue weighted by atomic mass is 35.5. The van der Waals surface area contributed by atoms with E-state index in [1.165, 1.54) is 6.07 Å². The summed E-state index contributed by atoms with van der Waals surface area (Å²) in [6, 6.07) is 2.56. The summed E-state index contributed by atoms with van der Waals surface area (Å²) in [6.45, 7) is 0. The van der Waals surface area contributed by atoms with E-state index in [2.05, 4.69) is 4.98 Å². The van der Waals surface area contributed by atoms with Gasteiger partial charge in [0.2, 0.25) is 0 Å². The van der Waals surface area contributed by atoms with Gasteiger partial charge in [0.05, 0.1) is 5.56 Å². The van der Waals surface area contributed by atoms with E-state index >= 15 is 0 Å². The highest BCUT2D eigenvalue weighted by Crippen LogP contribution is 2.24. The molecule has 14 heavy (non-hydrogen) atoms. The number of carbonyl (C=O) groups excluding carboxylic acids is 1. The van der Waals surface area contributed by atoms with E-state index in [0.29, 0.717) is 0 Å². The lowest BCUT2D eigenvalue weighted by Gasteiger charge is -2.03. The van der Waals surface area contributed by atoms with E-state index < -0.39 is 17.7 Å². The number of nitriles is 1. The van der Waals surface area contributed by atoms with Crippen molar-refractivity contribution in [3.8, 4) is 6.07 Å². The van der Waals surface area contributed by atoms with Crippen molar-refractivity contribution in [2.24, 2.45) is 0 Å². The van der Waals surface area contributed by atoms with Crippen LogP contribution < -0.4 is 0 Å². The minimum Gasteiger partial charge on any atom is -0.298 e. The van der Waals surface area contributed by atoms with Crippen molar-refractivity contribution in [2.45, 2.75) is 6.43 Å². The van der Waals surface area contributed by atoms with Crippen molar-refractivity contribution in [3.63, 3.8) is 0 Å². The van der Waals surface area contributed by atoms with E-state index in [9.17, 15) is 13.6 Å². The van der Waals surface area contributed by atoms with Crippen molar-refractivity contribution in [1.29, 1.82) is 5.26 Å². The number of nitrogens with zero attached hydrogens (tertiary/aromatic N) is 2. The van der Waals surface area contributed by atoms with Crippen LogP contribution in [0, 0.1) is 11.3 Å². The molecule has 0 bridgehead atoms. The van der Waals surface area contributed by atoms with Crippen LogP contribution in [-0.4, -0.2) is 11.3 Å². The third-order valence-electron chi connectivity index (χ3n) is 1.49. The van der Waals surface area contributed by atoms with Crippen molar-refractivity contribution in [3.05, 3.63) is 28.0 Å². The molecule has 3 nitrogen and oxygen atoms in total. The minimum absolute atomic E-state index is 0.178.